The molecule has 0 radical (unpaired) electrons. The average molecular weight is 318 g/mol. The molecular formula is C14H30N4O2S. The molecule has 2 atom stereocenters. The van der Waals surface area contributed by atoms with Gasteiger partial charge in [-0.2, -0.15) is 12.7 Å². The van der Waals surface area contributed by atoms with E-state index in [1.54, 1.807) is 4.31 Å². The van der Waals surface area contributed by atoms with E-state index in [-0.39, 0.29) is 6.04 Å². The third-order valence-electron chi connectivity index (χ3n) is 4.74. The van der Waals surface area contributed by atoms with Crippen LogP contribution in [0, 0.1) is 0 Å². The molecule has 2 unspecified atom stereocenters. The molecular weight excluding hydrogens is 288 g/mol. The van der Waals surface area contributed by atoms with Crippen LogP contribution in [-0.2, 0) is 10.2 Å². The minimum Gasteiger partial charge on any atom is -0.318 e. The second kappa shape index (κ2) is 7.87. The molecule has 21 heavy (non-hydrogen) atoms. The molecule has 2 fully saturated rings. The Labute approximate surface area is 129 Å². The molecule has 2 aliphatic rings. The van der Waals surface area contributed by atoms with Crippen LogP contribution in [0.1, 0.15) is 38.5 Å². The molecule has 2 N–H and O–H groups in total. The molecule has 0 spiro atoms. The molecule has 2 heterocycles. The molecule has 2 rings (SSSR count). The lowest BCUT2D eigenvalue weighted by molar-refractivity contribution is 0.185. The zero-order chi connectivity index (χ0) is 15.3. The van der Waals surface area contributed by atoms with Gasteiger partial charge in [0.2, 0.25) is 0 Å². The third kappa shape index (κ3) is 4.63. The number of nitrogens with zero attached hydrogens (tertiary/aromatic N) is 2. The first-order valence-corrected chi connectivity index (χ1v) is 9.60. The molecule has 0 aliphatic carbocycles. The second-order valence-electron chi connectivity index (χ2n) is 6.30. The lowest BCUT2D eigenvalue weighted by Crippen LogP contribution is -2.54. The van der Waals surface area contributed by atoms with Gasteiger partial charge in [0.1, 0.15) is 0 Å². The van der Waals surface area contributed by atoms with Crippen LogP contribution in [0.4, 0.5) is 0 Å². The maximum Gasteiger partial charge on any atom is 0.279 e. The van der Waals surface area contributed by atoms with Crippen molar-refractivity contribution in [1.82, 2.24) is 19.2 Å². The Balaban J connectivity index is 1.93. The number of nitrogens with one attached hydrogen (secondary N) is 2. The Kier molecular flexibility index (Phi) is 6.43. The van der Waals surface area contributed by atoms with Crippen molar-refractivity contribution in [2.75, 3.05) is 40.3 Å². The van der Waals surface area contributed by atoms with Crippen molar-refractivity contribution in [3.05, 3.63) is 0 Å². The summed E-state index contributed by atoms with van der Waals surface area (Å²) >= 11 is 0. The Hall–Kier alpha value is -0.210. The van der Waals surface area contributed by atoms with Crippen molar-refractivity contribution >= 4 is 10.2 Å². The first kappa shape index (κ1) is 17.1. The monoisotopic (exact) mass is 318 g/mol. The molecule has 0 aromatic carbocycles. The normalized spacial score (nSPS) is 29.6. The van der Waals surface area contributed by atoms with E-state index in [9.17, 15) is 8.42 Å². The van der Waals surface area contributed by atoms with E-state index in [4.69, 9.17) is 0 Å². The number of likely N-dealkylation sites (N-methyl/N-ethyl adjacent to an activating group) is 2. The molecule has 124 valence electrons. The first-order chi connectivity index (χ1) is 10.0. The van der Waals surface area contributed by atoms with Crippen molar-refractivity contribution in [3.63, 3.8) is 0 Å². The first-order valence-electron chi connectivity index (χ1n) is 8.16. The highest BCUT2D eigenvalue weighted by atomic mass is 32.2. The molecule has 7 heteroatoms. The highest BCUT2D eigenvalue weighted by molar-refractivity contribution is 7.87. The molecule has 0 bridgehead atoms. The van der Waals surface area contributed by atoms with Crippen molar-refractivity contribution in [2.24, 2.45) is 0 Å². The summed E-state index contributed by atoms with van der Waals surface area (Å²) in [5, 5.41) is 3.11. The van der Waals surface area contributed by atoms with Crippen LogP contribution in [0.3, 0.4) is 0 Å². The molecule has 0 amide bonds. The molecule has 0 saturated carbocycles. The smallest absolute Gasteiger partial charge is 0.279 e. The van der Waals surface area contributed by atoms with Crippen molar-refractivity contribution in [2.45, 2.75) is 50.6 Å². The van der Waals surface area contributed by atoms with E-state index in [1.807, 2.05) is 7.05 Å². The average Bonchev–Trinajstić information content (AvgIpc) is 2.47. The van der Waals surface area contributed by atoms with Crippen LogP contribution >= 0.6 is 0 Å². The molecule has 0 aromatic heterocycles. The van der Waals surface area contributed by atoms with E-state index >= 15 is 0 Å². The summed E-state index contributed by atoms with van der Waals surface area (Å²) < 4.78 is 29.7. The van der Waals surface area contributed by atoms with Crippen molar-refractivity contribution in [3.8, 4) is 0 Å². The van der Waals surface area contributed by atoms with Gasteiger partial charge in [0.25, 0.3) is 10.2 Å². The molecule has 2 saturated heterocycles. The largest absolute Gasteiger partial charge is 0.318 e. The van der Waals surface area contributed by atoms with Crippen LogP contribution < -0.4 is 10.0 Å². The molecule has 0 aromatic rings. The van der Waals surface area contributed by atoms with E-state index in [0.29, 0.717) is 19.1 Å². The van der Waals surface area contributed by atoms with Gasteiger partial charge < -0.3 is 10.2 Å². The van der Waals surface area contributed by atoms with Gasteiger partial charge in [-0.15, -0.1) is 0 Å². The predicted molar refractivity (Wildman–Crippen MR) is 85.5 cm³/mol. The zero-order valence-corrected chi connectivity index (χ0v) is 14.2. The van der Waals surface area contributed by atoms with Crippen LogP contribution in [0.25, 0.3) is 0 Å². The fraction of sp³-hybridized carbons (Fsp3) is 1.00. The SMILES string of the molecule is CNCC1CCCCN1S(=O)(=O)NCC1CCCCN1C. The summed E-state index contributed by atoms with van der Waals surface area (Å²) in [7, 11) is 0.604. The van der Waals surface area contributed by atoms with E-state index in [1.165, 1.54) is 12.8 Å². The summed E-state index contributed by atoms with van der Waals surface area (Å²) in [6.07, 6.45) is 6.52. The molecule has 2 aliphatic heterocycles. The van der Waals surface area contributed by atoms with Crippen LogP contribution in [0.5, 0.6) is 0 Å². The summed E-state index contributed by atoms with van der Waals surface area (Å²) in [5.41, 5.74) is 0. The molecule has 6 nitrogen and oxygen atoms in total. The van der Waals surface area contributed by atoms with Gasteiger partial charge in [-0.3, -0.25) is 0 Å². The van der Waals surface area contributed by atoms with Crippen LogP contribution in [-0.4, -0.2) is 70.0 Å². The van der Waals surface area contributed by atoms with Crippen LogP contribution in [0.15, 0.2) is 0 Å². The topological polar surface area (TPSA) is 64.7 Å². The minimum absolute atomic E-state index is 0.0883. The van der Waals surface area contributed by atoms with Gasteiger partial charge >= 0.3 is 0 Å². The number of piperidine rings is 2. The number of hydrogen-bond acceptors (Lipinski definition) is 4. The highest BCUT2D eigenvalue weighted by Crippen LogP contribution is 2.20. The third-order valence-corrected chi connectivity index (χ3v) is 6.37. The lowest BCUT2D eigenvalue weighted by atomic mass is 10.0. The number of rotatable bonds is 6. The van der Waals surface area contributed by atoms with Gasteiger partial charge in [0.05, 0.1) is 0 Å². The lowest BCUT2D eigenvalue weighted by Gasteiger charge is -2.36. The van der Waals surface area contributed by atoms with Gasteiger partial charge in [-0.1, -0.05) is 12.8 Å². The standard InChI is InChI=1S/C14H30N4O2S/c1-15-11-14-8-4-6-10-18(14)21(19,20)16-12-13-7-3-5-9-17(13)2/h13-16H,3-12H2,1-2H3. The number of likely N-dealkylation sites (tertiary alicyclic amines) is 1. The summed E-state index contributed by atoms with van der Waals surface area (Å²) in [6, 6.07) is 0.423. The van der Waals surface area contributed by atoms with E-state index in [0.717, 1.165) is 38.8 Å². The summed E-state index contributed by atoms with van der Waals surface area (Å²) in [5.74, 6) is 0. The predicted octanol–water partition coefficient (Wildman–Crippen LogP) is 0.379. The Morgan fingerprint density at radius 2 is 1.67 bits per heavy atom. The zero-order valence-electron chi connectivity index (χ0n) is 13.3. The summed E-state index contributed by atoms with van der Waals surface area (Å²) in [4.78, 5) is 2.27. The Morgan fingerprint density at radius 3 is 2.33 bits per heavy atom. The van der Waals surface area contributed by atoms with Gasteiger partial charge in [0.15, 0.2) is 0 Å². The van der Waals surface area contributed by atoms with Gasteiger partial charge in [-0.05, 0) is 46.3 Å². The Bertz CT molecular complexity index is 413. The fourth-order valence-electron chi connectivity index (χ4n) is 3.42. The maximum atomic E-state index is 12.6. The highest BCUT2D eigenvalue weighted by Gasteiger charge is 2.32. The Morgan fingerprint density at radius 1 is 1.00 bits per heavy atom. The van der Waals surface area contributed by atoms with Crippen molar-refractivity contribution in [1.29, 1.82) is 0 Å². The maximum absolute atomic E-state index is 12.6. The summed E-state index contributed by atoms with van der Waals surface area (Å²) in [6.45, 7) is 2.96. The van der Waals surface area contributed by atoms with Gasteiger partial charge in [0, 0.05) is 31.7 Å². The van der Waals surface area contributed by atoms with Crippen molar-refractivity contribution < 1.29 is 8.42 Å². The number of hydrogen-bond donors (Lipinski definition) is 2. The van der Waals surface area contributed by atoms with Gasteiger partial charge in [-0.25, -0.2) is 4.72 Å². The quantitative estimate of drug-likeness (QED) is 0.743. The fourth-order valence-corrected chi connectivity index (χ4v) is 4.93. The van der Waals surface area contributed by atoms with E-state index in [2.05, 4.69) is 22.0 Å². The minimum atomic E-state index is -3.36. The van der Waals surface area contributed by atoms with Crippen LogP contribution in [0.2, 0.25) is 0 Å². The van der Waals surface area contributed by atoms with E-state index < -0.39 is 10.2 Å². The second-order valence-corrected chi connectivity index (χ2v) is 8.01.